The standard InChI is InChI=1S/C15H22F3N/c1-11(2)10-12-4-6-13(7-5-12)14(19-3)8-9-15(16,17)18/h4-7,11,14,19H,8-10H2,1-3H3. The van der Waals surface area contributed by atoms with Gasteiger partial charge in [-0.25, -0.2) is 0 Å². The molecule has 0 radical (unpaired) electrons. The first-order chi connectivity index (χ1) is 8.81. The van der Waals surface area contributed by atoms with Crippen LogP contribution in [-0.4, -0.2) is 13.2 Å². The number of rotatable bonds is 6. The number of alkyl halides is 3. The van der Waals surface area contributed by atoms with Crippen molar-refractivity contribution in [3.8, 4) is 0 Å². The fourth-order valence-electron chi connectivity index (χ4n) is 2.14. The predicted molar refractivity (Wildman–Crippen MR) is 72.1 cm³/mol. The van der Waals surface area contributed by atoms with Gasteiger partial charge in [0.25, 0.3) is 0 Å². The molecule has 1 atom stereocenters. The molecule has 19 heavy (non-hydrogen) atoms. The lowest BCUT2D eigenvalue weighted by Gasteiger charge is -2.18. The van der Waals surface area contributed by atoms with Crippen molar-refractivity contribution in [1.29, 1.82) is 0 Å². The molecule has 1 aromatic rings. The lowest BCUT2D eigenvalue weighted by molar-refractivity contribution is -0.136. The first kappa shape index (κ1) is 16.0. The molecular weight excluding hydrogens is 251 g/mol. The van der Waals surface area contributed by atoms with Crippen LogP contribution in [0.3, 0.4) is 0 Å². The first-order valence-corrected chi connectivity index (χ1v) is 6.64. The van der Waals surface area contributed by atoms with Gasteiger partial charge in [-0.3, -0.25) is 0 Å². The molecule has 0 aliphatic heterocycles. The smallest absolute Gasteiger partial charge is 0.313 e. The van der Waals surface area contributed by atoms with E-state index >= 15 is 0 Å². The van der Waals surface area contributed by atoms with Gasteiger partial charge < -0.3 is 5.32 Å². The highest BCUT2D eigenvalue weighted by Gasteiger charge is 2.28. The lowest BCUT2D eigenvalue weighted by atomic mass is 9.97. The van der Waals surface area contributed by atoms with E-state index in [-0.39, 0.29) is 12.5 Å². The second-order valence-corrected chi connectivity index (χ2v) is 5.33. The summed E-state index contributed by atoms with van der Waals surface area (Å²) in [5.41, 5.74) is 2.14. The highest BCUT2D eigenvalue weighted by molar-refractivity contribution is 5.25. The van der Waals surface area contributed by atoms with E-state index in [1.807, 2.05) is 24.3 Å². The second-order valence-electron chi connectivity index (χ2n) is 5.33. The molecule has 0 spiro atoms. The molecule has 0 aliphatic carbocycles. The van der Waals surface area contributed by atoms with Crippen LogP contribution in [0.4, 0.5) is 13.2 Å². The van der Waals surface area contributed by atoms with Crippen LogP contribution < -0.4 is 5.32 Å². The third-order valence-electron chi connectivity index (χ3n) is 3.09. The van der Waals surface area contributed by atoms with E-state index in [9.17, 15) is 13.2 Å². The Kier molecular flexibility index (Phi) is 5.85. The van der Waals surface area contributed by atoms with Crippen molar-refractivity contribution < 1.29 is 13.2 Å². The van der Waals surface area contributed by atoms with E-state index in [2.05, 4.69) is 19.2 Å². The Hall–Kier alpha value is -1.03. The molecule has 0 fully saturated rings. The quantitative estimate of drug-likeness (QED) is 0.805. The highest BCUT2D eigenvalue weighted by Crippen LogP contribution is 2.27. The Balaban J connectivity index is 2.66. The fraction of sp³-hybridized carbons (Fsp3) is 0.600. The Morgan fingerprint density at radius 1 is 1.11 bits per heavy atom. The summed E-state index contributed by atoms with van der Waals surface area (Å²) in [5, 5.41) is 2.95. The van der Waals surface area contributed by atoms with Crippen molar-refractivity contribution in [3.63, 3.8) is 0 Å². The Morgan fingerprint density at radius 2 is 1.68 bits per heavy atom. The third kappa shape index (κ3) is 6.10. The molecule has 0 bridgehead atoms. The van der Waals surface area contributed by atoms with Gasteiger partial charge in [0.1, 0.15) is 0 Å². The van der Waals surface area contributed by atoms with Gasteiger partial charge in [0.2, 0.25) is 0 Å². The summed E-state index contributed by atoms with van der Waals surface area (Å²) in [6.45, 7) is 4.29. The Labute approximate surface area is 113 Å². The van der Waals surface area contributed by atoms with E-state index in [4.69, 9.17) is 0 Å². The van der Waals surface area contributed by atoms with Gasteiger partial charge in [-0.1, -0.05) is 38.1 Å². The van der Waals surface area contributed by atoms with Crippen LogP contribution in [0.25, 0.3) is 0 Å². The maximum Gasteiger partial charge on any atom is 0.389 e. The molecule has 1 aromatic carbocycles. The highest BCUT2D eigenvalue weighted by atomic mass is 19.4. The van der Waals surface area contributed by atoms with Crippen LogP contribution in [0.5, 0.6) is 0 Å². The lowest BCUT2D eigenvalue weighted by Crippen LogP contribution is -2.19. The molecule has 0 saturated carbocycles. The van der Waals surface area contributed by atoms with Crippen molar-refractivity contribution in [2.24, 2.45) is 5.92 Å². The summed E-state index contributed by atoms with van der Waals surface area (Å²) < 4.78 is 36.7. The van der Waals surface area contributed by atoms with Crippen LogP contribution in [0.2, 0.25) is 0 Å². The number of hydrogen-bond donors (Lipinski definition) is 1. The van der Waals surface area contributed by atoms with E-state index in [1.165, 1.54) is 5.56 Å². The zero-order valence-corrected chi connectivity index (χ0v) is 11.7. The number of halogens is 3. The van der Waals surface area contributed by atoms with Gasteiger partial charge in [0.15, 0.2) is 0 Å². The van der Waals surface area contributed by atoms with Gasteiger partial charge in [-0.2, -0.15) is 13.2 Å². The van der Waals surface area contributed by atoms with Gasteiger partial charge in [-0.05, 0) is 36.9 Å². The van der Waals surface area contributed by atoms with Crippen molar-refractivity contribution in [3.05, 3.63) is 35.4 Å². The summed E-state index contributed by atoms with van der Waals surface area (Å²) in [6, 6.07) is 7.63. The third-order valence-corrected chi connectivity index (χ3v) is 3.09. The van der Waals surface area contributed by atoms with Crippen LogP contribution in [0, 0.1) is 5.92 Å². The average molecular weight is 273 g/mol. The van der Waals surface area contributed by atoms with E-state index in [1.54, 1.807) is 7.05 Å². The van der Waals surface area contributed by atoms with Gasteiger partial charge in [0.05, 0.1) is 0 Å². The van der Waals surface area contributed by atoms with Crippen molar-refractivity contribution in [1.82, 2.24) is 5.32 Å². The van der Waals surface area contributed by atoms with Crippen LogP contribution in [0.1, 0.15) is 43.9 Å². The molecule has 0 aliphatic rings. The van der Waals surface area contributed by atoms with Gasteiger partial charge in [-0.15, -0.1) is 0 Å². The summed E-state index contributed by atoms with van der Waals surface area (Å²) in [4.78, 5) is 0. The predicted octanol–water partition coefficient (Wildman–Crippen LogP) is 4.49. The minimum atomic E-state index is -4.09. The summed E-state index contributed by atoms with van der Waals surface area (Å²) in [7, 11) is 1.70. The molecule has 0 aromatic heterocycles. The maximum atomic E-state index is 12.2. The molecule has 0 amide bonds. The molecule has 108 valence electrons. The van der Waals surface area contributed by atoms with E-state index in [0.29, 0.717) is 5.92 Å². The van der Waals surface area contributed by atoms with Crippen LogP contribution in [-0.2, 0) is 6.42 Å². The average Bonchev–Trinajstić information content (AvgIpc) is 2.29. The van der Waals surface area contributed by atoms with Crippen molar-refractivity contribution in [2.45, 2.75) is 45.3 Å². The first-order valence-electron chi connectivity index (χ1n) is 6.64. The van der Waals surface area contributed by atoms with Crippen molar-refractivity contribution in [2.75, 3.05) is 7.05 Å². The number of benzene rings is 1. The number of hydrogen-bond acceptors (Lipinski definition) is 1. The van der Waals surface area contributed by atoms with E-state index < -0.39 is 12.6 Å². The van der Waals surface area contributed by atoms with Gasteiger partial charge >= 0.3 is 6.18 Å². The molecule has 1 nitrogen and oxygen atoms in total. The minimum Gasteiger partial charge on any atom is -0.313 e. The van der Waals surface area contributed by atoms with Gasteiger partial charge in [0, 0.05) is 12.5 Å². The normalized spacial score (nSPS) is 13.8. The largest absolute Gasteiger partial charge is 0.389 e. The molecule has 1 rings (SSSR count). The van der Waals surface area contributed by atoms with Crippen LogP contribution >= 0.6 is 0 Å². The van der Waals surface area contributed by atoms with Crippen molar-refractivity contribution >= 4 is 0 Å². The van der Waals surface area contributed by atoms with E-state index in [0.717, 1.165) is 12.0 Å². The second kappa shape index (κ2) is 6.94. The zero-order chi connectivity index (χ0) is 14.5. The zero-order valence-electron chi connectivity index (χ0n) is 11.7. The molecule has 0 saturated heterocycles. The number of nitrogens with one attached hydrogen (secondary N) is 1. The molecule has 4 heteroatoms. The topological polar surface area (TPSA) is 12.0 Å². The Morgan fingerprint density at radius 3 is 2.11 bits per heavy atom. The molecule has 0 heterocycles. The SMILES string of the molecule is CNC(CCC(F)(F)F)c1ccc(CC(C)C)cc1. The Bertz CT molecular complexity index is 368. The molecule has 1 unspecified atom stereocenters. The monoisotopic (exact) mass is 273 g/mol. The minimum absolute atomic E-state index is 0.0729. The summed E-state index contributed by atoms with van der Waals surface area (Å²) in [6.07, 6.45) is -3.78. The van der Waals surface area contributed by atoms with Crippen LogP contribution in [0.15, 0.2) is 24.3 Å². The summed E-state index contributed by atoms with van der Waals surface area (Å²) >= 11 is 0. The molecule has 1 N–H and O–H groups in total. The fourth-order valence-corrected chi connectivity index (χ4v) is 2.14. The maximum absolute atomic E-state index is 12.2. The molecular formula is C15H22F3N. The summed E-state index contributed by atoms with van der Waals surface area (Å²) in [5.74, 6) is 0.580.